The van der Waals surface area contributed by atoms with Crippen LogP contribution in [0, 0.1) is 0 Å². The molecular weight excluding hydrogens is 240 g/mol. The maximum Gasteiger partial charge on any atom is 0.252 e. The third-order valence-electron chi connectivity index (χ3n) is 2.61. The van der Waals surface area contributed by atoms with Crippen molar-refractivity contribution in [3.8, 4) is 0 Å². The van der Waals surface area contributed by atoms with Crippen molar-refractivity contribution in [3.05, 3.63) is 48.0 Å². The topological polar surface area (TPSA) is 58.2 Å². The number of hydrogen-bond acceptors (Lipinski definition) is 2. The zero-order chi connectivity index (χ0) is 14.3. The van der Waals surface area contributed by atoms with Gasteiger partial charge in [-0.15, -0.1) is 0 Å². The van der Waals surface area contributed by atoms with Gasteiger partial charge in [-0.3, -0.25) is 9.59 Å². The minimum atomic E-state index is -0.373. The van der Waals surface area contributed by atoms with Gasteiger partial charge in [0.1, 0.15) is 6.17 Å². The highest BCUT2D eigenvalue weighted by molar-refractivity contribution is 5.95. The molecule has 0 aliphatic rings. The summed E-state index contributed by atoms with van der Waals surface area (Å²) in [4.78, 5) is 23.6. The SMILES string of the molecule is C=C(C)C(=O)NC(CCC)NC(=O)c1ccccc1. The average molecular weight is 260 g/mol. The van der Waals surface area contributed by atoms with Gasteiger partial charge in [0.2, 0.25) is 5.91 Å². The summed E-state index contributed by atoms with van der Waals surface area (Å²) in [7, 11) is 0. The van der Waals surface area contributed by atoms with Crippen LogP contribution in [0.25, 0.3) is 0 Å². The van der Waals surface area contributed by atoms with Gasteiger partial charge in [0.15, 0.2) is 0 Å². The van der Waals surface area contributed by atoms with E-state index in [1.54, 1.807) is 31.2 Å². The second-order valence-electron chi connectivity index (χ2n) is 4.43. The van der Waals surface area contributed by atoms with E-state index in [9.17, 15) is 9.59 Å². The Morgan fingerprint density at radius 3 is 2.37 bits per heavy atom. The lowest BCUT2D eigenvalue weighted by Gasteiger charge is -2.19. The highest BCUT2D eigenvalue weighted by atomic mass is 16.2. The lowest BCUT2D eigenvalue weighted by atomic mass is 10.2. The Morgan fingerprint density at radius 2 is 1.84 bits per heavy atom. The van der Waals surface area contributed by atoms with Crippen LogP contribution in [0.3, 0.4) is 0 Å². The van der Waals surface area contributed by atoms with E-state index in [1.807, 2.05) is 13.0 Å². The van der Waals surface area contributed by atoms with Gasteiger partial charge in [0, 0.05) is 11.1 Å². The second kappa shape index (κ2) is 7.36. The minimum absolute atomic E-state index is 0.193. The predicted molar refractivity (Wildman–Crippen MR) is 75.6 cm³/mol. The van der Waals surface area contributed by atoms with Crippen molar-refractivity contribution >= 4 is 11.8 Å². The smallest absolute Gasteiger partial charge is 0.252 e. The maximum absolute atomic E-state index is 12.0. The molecule has 0 aliphatic heterocycles. The first-order chi connectivity index (χ1) is 9.04. The molecule has 0 bridgehead atoms. The number of nitrogens with one attached hydrogen (secondary N) is 2. The van der Waals surface area contributed by atoms with Crippen LogP contribution in [-0.4, -0.2) is 18.0 Å². The molecular formula is C15H20N2O2. The van der Waals surface area contributed by atoms with Crippen molar-refractivity contribution < 1.29 is 9.59 Å². The minimum Gasteiger partial charge on any atom is -0.332 e. The van der Waals surface area contributed by atoms with Gasteiger partial charge in [-0.25, -0.2) is 0 Å². The third kappa shape index (κ3) is 4.95. The molecule has 0 aliphatic carbocycles. The van der Waals surface area contributed by atoms with Gasteiger partial charge in [-0.2, -0.15) is 0 Å². The molecule has 0 aromatic heterocycles. The van der Waals surface area contributed by atoms with E-state index in [0.717, 1.165) is 6.42 Å². The monoisotopic (exact) mass is 260 g/mol. The molecule has 4 heteroatoms. The zero-order valence-corrected chi connectivity index (χ0v) is 11.4. The second-order valence-corrected chi connectivity index (χ2v) is 4.43. The molecule has 1 atom stereocenters. The van der Waals surface area contributed by atoms with E-state index in [4.69, 9.17) is 0 Å². The van der Waals surface area contributed by atoms with Crippen LogP contribution in [-0.2, 0) is 4.79 Å². The molecule has 4 nitrogen and oxygen atoms in total. The van der Waals surface area contributed by atoms with E-state index in [0.29, 0.717) is 17.6 Å². The van der Waals surface area contributed by atoms with Crippen LogP contribution in [0.1, 0.15) is 37.0 Å². The van der Waals surface area contributed by atoms with E-state index >= 15 is 0 Å². The van der Waals surface area contributed by atoms with E-state index in [2.05, 4.69) is 17.2 Å². The Balaban J connectivity index is 2.65. The number of rotatable bonds is 6. The highest BCUT2D eigenvalue weighted by Crippen LogP contribution is 2.01. The summed E-state index contributed by atoms with van der Waals surface area (Å²) in [6, 6.07) is 8.92. The van der Waals surface area contributed by atoms with E-state index in [-0.39, 0.29) is 18.0 Å². The van der Waals surface area contributed by atoms with Gasteiger partial charge in [-0.1, -0.05) is 38.1 Å². The largest absolute Gasteiger partial charge is 0.332 e. The third-order valence-corrected chi connectivity index (χ3v) is 2.61. The lowest BCUT2D eigenvalue weighted by Crippen LogP contribution is -2.48. The molecule has 102 valence electrons. The van der Waals surface area contributed by atoms with Gasteiger partial charge in [0.05, 0.1) is 0 Å². The number of carbonyl (C=O) groups excluding carboxylic acids is 2. The fraction of sp³-hybridized carbons (Fsp3) is 0.333. The van der Waals surface area contributed by atoms with Crippen LogP contribution in [0.4, 0.5) is 0 Å². The lowest BCUT2D eigenvalue weighted by molar-refractivity contribution is -0.118. The van der Waals surface area contributed by atoms with Gasteiger partial charge < -0.3 is 10.6 Å². The van der Waals surface area contributed by atoms with Crippen molar-refractivity contribution in [3.63, 3.8) is 0 Å². The molecule has 0 spiro atoms. The molecule has 1 unspecified atom stereocenters. The zero-order valence-electron chi connectivity index (χ0n) is 11.4. The summed E-state index contributed by atoms with van der Waals surface area (Å²) >= 11 is 0. The Bertz CT molecular complexity index is 454. The normalized spacial score (nSPS) is 11.5. The summed E-state index contributed by atoms with van der Waals surface area (Å²) in [6.07, 6.45) is 1.16. The van der Waals surface area contributed by atoms with Crippen molar-refractivity contribution in [1.82, 2.24) is 10.6 Å². The van der Waals surface area contributed by atoms with Gasteiger partial charge >= 0.3 is 0 Å². The molecule has 2 N–H and O–H groups in total. The Labute approximate surface area is 113 Å². The van der Waals surface area contributed by atoms with Crippen LogP contribution in [0.15, 0.2) is 42.5 Å². The molecule has 0 saturated carbocycles. The maximum atomic E-state index is 12.0. The molecule has 1 aromatic rings. The fourth-order valence-corrected chi connectivity index (χ4v) is 1.58. The Hall–Kier alpha value is -2.10. The van der Waals surface area contributed by atoms with Crippen LogP contribution in [0.2, 0.25) is 0 Å². The summed E-state index contributed by atoms with van der Waals surface area (Å²) in [6.45, 7) is 7.21. The molecule has 0 saturated heterocycles. The first kappa shape index (κ1) is 15.0. The van der Waals surface area contributed by atoms with Crippen LogP contribution in [0.5, 0.6) is 0 Å². The predicted octanol–water partition coefficient (Wildman–Crippen LogP) is 2.23. The summed E-state index contributed by atoms with van der Waals surface area (Å²) in [5, 5.41) is 5.56. The first-order valence-electron chi connectivity index (χ1n) is 6.37. The number of benzene rings is 1. The van der Waals surface area contributed by atoms with Crippen LogP contribution < -0.4 is 10.6 Å². The van der Waals surface area contributed by atoms with Crippen molar-refractivity contribution in [2.75, 3.05) is 0 Å². The molecule has 1 rings (SSSR count). The summed E-state index contributed by atoms with van der Waals surface area (Å²) in [5.41, 5.74) is 1.00. The van der Waals surface area contributed by atoms with E-state index in [1.165, 1.54) is 0 Å². The summed E-state index contributed by atoms with van der Waals surface area (Å²) < 4.78 is 0. The molecule has 19 heavy (non-hydrogen) atoms. The molecule has 0 radical (unpaired) electrons. The van der Waals surface area contributed by atoms with Gasteiger partial charge in [0.25, 0.3) is 5.91 Å². The Morgan fingerprint density at radius 1 is 1.21 bits per heavy atom. The van der Waals surface area contributed by atoms with E-state index < -0.39 is 0 Å². The van der Waals surface area contributed by atoms with Crippen molar-refractivity contribution in [1.29, 1.82) is 0 Å². The van der Waals surface area contributed by atoms with Crippen molar-refractivity contribution in [2.45, 2.75) is 32.9 Å². The number of carbonyl (C=O) groups is 2. The quantitative estimate of drug-likeness (QED) is 0.608. The molecule has 1 aromatic carbocycles. The first-order valence-corrected chi connectivity index (χ1v) is 6.37. The fourth-order valence-electron chi connectivity index (χ4n) is 1.58. The Kier molecular flexibility index (Phi) is 5.79. The molecule has 0 fully saturated rings. The standard InChI is InChI=1S/C15H20N2O2/c1-4-8-13(16-14(18)11(2)3)17-15(19)12-9-6-5-7-10-12/h5-7,9-10,13H,2,4,8H2,1,3H3,(H,16,18)(H,17,19). The number of amides is 2. The van der Waals surface area contributed by atoms with Crippen LogP contribution >= 0.6 is 0 Å². The summed E-state index contributed by atoms with van der Waals surface area (Å²) in [5.74, 6) is -0.437. The molecule has 0 heterocycles. The van der Waals surface area contributed by atoms with Crippen molar-refractivity contribution in [2.24, 2.45) is 0 Å². The highest BCUT2D eigenvalue weighted by Gasteiger charge is 2.15. The molecule has 2 amide bonds. The number of hydrogen-bond donors (Lipinski definition) is 2. The average Bonchev–Trinajstić information content (AvgIpc) is 2.39. The van der Waals surface area contributed by atoms with Gasteiger partial charge in [-0.05, 0) is 25.5 Å².